The lowest BCUT2D eigenvalue weighted by molar-refractivity contribution is -0.384. The number of nitro benzene ring substituents is 1. The summed E-state index contributed by atoms with van der Waals surface area (Å²) in [5.41, 5.74) is 2.81. The van der Waals surface area contributed by atoms with Gasteiger partial charge in [-0.2, -0.15) is 0 Å². The van der Waals surface area contributed by atoms with Crippen LogP contribution in [0.5, 0.6) is 0 Å². The van der Waals surface area contributed by atoms with E-state index in [0.29, 0.717) is 25.3 Å². The fraction of sp³-hybridized carbons (Fsp3) is 0.259. The van der Waals surface area contributed by atoms with Gasteiger partial charge < -0.3 is 10.2 Å². The third kappa shape index (κ3) is 8.20. The number of benzene rings is 3. The first kappa shape index (κ1) is 27.4. The summed E-state index contributed by atoms with van der Waals surface area (Å²) in [5.74, 6) is 0.369. The lowest BCUT2D eigenvalue weighted by Gasteiger charge is -2.31. The van der Waals surface area contributed by atoms with Crippen LogP contribution in [0.2, 0.25) is 0 Å². The second-order valence-electron chi connectivity index (χ2n) is 8.17. The van der Waals surface area contributed by atoms with Gasteiger partial charge >= 0.3 is 0 Å². The molecule has 1 N–H and O–H groups in total. The molecule has 36 heavy (non-hydrogen) atoms. The van der Waals surface area contributed by atoms with Crippen LogP contribution in [0, 0.1) is 10.1 Å². The van der Waals surface area contributed by atoms with Crippen molar-refractivity contribution in [3.05, 3.63) is 110 Å². The maximum atomic E-state index is 13.5. The molecule has 0 aliphatic rings. The molecule has 1 atom stereocenters. The maximum absolute atomic E-state index is 13.5. The maximum Gasteiger partial charge on any atom is 0.269 e. The molecule has 3 aromatic rings. The van der Waals surface area contributed by atoms with Crippen molar-refractivity contribution in [2.24, 2.45) is 0 Å². The lowest BCUT2D eigenvalue weighted by atomic mass is 10.0. The van der Waals surface area contributed by atoms with Crippen LogP contribution in [-0.4, -0.2) is 40.0 Å². The minimum absolute atomic E-state index is 0.0331. The largest absolute Gasteiger partial charge is 0.355 e. The quantitative estimate of drug-likeness (QED) is 0.234. The van der Waals surface area contributed by atoms with Crippen LogP contribution in [0.25, 0.3) is 0 Å². The Kier molecular flexibility index (Phi) is 10.5. The number of hydrogen-bond acceptors (Lipinski definition) is 5. The van der Waals surface area contributed by atoms with E-state index in [-0.39, 0.29) is 23.3 Å². The molecule has 0 fully saturated rings. The third-order valence-corrected chi connectivity index (χ3v) is 6.99. The van der Waals surface area contributed by atoms with E-state index in [0.717, 1.165) is 21.2 Å². The molecule has 1 unspecified atom stereocenters. The first-order valence-electron chi connectivity index (χ1n) is 11.5. The Bertz CT molecular complexity index is 1180. The van der Waals surface area contributed by atoms with Crippen molar-refractivity contribution in [1.82, 2.24) is 10.2 Å². The summed E-state index contributed by atoms with van der Waals surface area (Å²) in [6.45, 7) is 2.63. The van der Waals surface area contributed by atoms with E-state index in [2.05, 4.69) is 21.2 Å². The van der Waals surface area contributed by atoms with E-state index < -0.39 is 11.0 Å². The minimum atomic E-state index is -0.668. The Balaban J connectivity index is 1.79. The van der Waals surface area contributed by atoms with Gasteiger partial charge in [0.15, 0.2) is 0 Å². The summed E-state index contributed by atoms with van der Waals surface area (Å²) in [4.78, 5) is 38.8. The molecule has 0 spiro atoms. The van der Waals surface area contributed by atoms with Crippen molar-refractivity contribution in [3.8, 4) is 0 Å². The van der Waals surface area contributed by atoms with Crippen molar-refractivity contribution in [1.29, 1.82) is 0 Å². The molecule has 2 amide bonds. The van der Waals surface area contributed by atoms with E-state index in [4.69, 9.17) is 0 Å². The minimum Gasteiger partial charge on any atom is -0.355 e. The van der Waals surface area contributed by atoms with Gasteiger partial charge in [0.05, 0.1) is 10.7 Å². The van der Waals surface area contributed by atoms with E-state index in [1.807, 2.05) is 61.5 Å². The smallest absolute Gasteiger partial charge is 0.269 e. The molecule has 0 radical (unpaired) electrons. The number of nitrogens with zero attached hydrogens (tertiary/aromatic N) is 2. The molecule has 0 aromatic heterocycles. The average Bonchev–Trinajstić information content (AvgIpc) is 2.87. The Labute approximate surface area is 223 Å². The first-order valence-corrected chi connectivity index (χ1v) is 13.5. The number of thioether (sulfide) groups is 1. The molecule has 3 rings (SSSR count). The summed E-state index contributed by atoms with van der Waals surface area (Å²) < 4.78 is 0.901. The molecule has 0 saturated carbocycles. The van der Waals surface area contributed by atoms with Crippen LogP contribution in [0.1, 0.15) is 23.6 Å². The fourth-order valence-corrected chi connectivity index (χ4v) is 5.05. The molecule has 3 aromatic carbocycles. The van der Waals surface area contributed by atoms with Crippen molar-refractivity contribution in [3.63, 3.8) is 0 Å². The fourth-order valence-electron chi connectivity index (χ4n) is 3.73. The number of rotatable bonds is 12. The standard InChI is InChI=1S/C27H28BrN3O4S/c1-2-29-27(33)25(16-20-7-4-3-5-8-20)30(17-22-9-6-10-23(28)15-22)26(32)19-36-18-21-11-13-24(14-12-21)31(34)35/h3-15,25H,2,16-19H2,1H3,(H,29,33). The topological polar surface area (TPSA) is 92.6 Å². The number of hydrogen-bond donors (Lipinski definition) is 1. The zero-order valence-electron chi connectivity index (χ0n) is 19.9. The molecule has 0 aliphatic heterocycles. The molecule has 0 heterocycles. The molecular formula is C27H28BrN3O4S. The molecular weight excluding hydrogens is 542 g/mol. The summed E-state index contributed by atoms with van der Waals surface area (Å²) in [5, 5.41) is 13.8. The first-order chi connectivity index (χ1) is 17.4. The monoisotopic (exact) mass is 569 g/mol. The van der Waals surface area contributed by atoms with Gasteiger partial charge in [-0.15, -0.1) is 11.8 Å². The zero-order valence-corrected chi connectivity index (χ0v) is 22.3. The Hall–Kier alpha value is -3.17. The Morgan fingerprint density at radius 2 is 1.69 bits per heavy atom. The van der Waals surface area contributed by atoms with Gasteiger partial charge in [0, 0.05) is 41.9 Å². The van der Waals surface area contributed by atoms with Crippen LogP contribution in [0.4, 0.5) is 5.69 Å². The van der Waals surface area contributed by atoms with Crippen LogP contribution >= 0.6 is 27.7 Å². The van der Waals surface area contributed by atoms with E-state index in [1.165, 1.54) is 23.9 Å². The highest BCUT2D eigenvalue weighted by Crippen LogP contribution is 2.21. The highest BCUT2D eigenvalue weighted by atomic mass is 79.9. The molecule has 0 bridgehead atoms. The highest BCUT2D eigenvalue weighted by Gasteiger charge is 2.30. The van der Waals surface area contributed by atoms with Gasteiger partial charge in [-0.1, -0.05) is 70.5 Å². The second kappa shape index (κ2) is 13.8. The molecule has 0 saturated heterocycles. The van der Waals surface area contributed by atoms with Crippen molar-refractivity contribution < 1.29 is 14.5 Å². The predicted octanol–water partition coefficient (Wildman–Crippen LogP) is 5.37. The number of non-ortho nitro benzene ring substituents is 1. The second-order valence-corrected chi connectivity index (χ2v) is 10.1. The van der Waals surface area contributed by atoms with Gasteiger partial charge in [-0.05, 0) is 35.7 Å². The average molecular weight is 571 g/mol. The van der Waals surface area contributed by atoms with Crippen molar-refractivity contribution in [2.75, 3.05) is 12.3 Å². The normalized spacial score (nSPS) is 11.5. The summed E-state index contributed by atoms with van der Waals surface area (Å²) in [7, 11) is 0. The molecule has 9 heteroatoms. The Morgan fingerprint density at radius 3 is 2.33 bits per heavy atom. The van der Waals surface area contributed by atoms with Gasteiger partial charge in [0.2, 0.25) is 11.8 Å². The van der Waals surface area contributed by atoms with Crippen molar-refractivity contribution in [2.45, 2.75) is 31.7 Å². The number of carbonyl (C=O) groups excluding carboxylic acids is 2. The van der Waals surface area contributed by atoms with Gasteiger partial charge in [0.25, 0.3) is 5.69 Å². The third-order valence-electron chi connectivity index (χ3n) is 5.51. The zero-order chi connectivity index (χ0) is 25.9. The van der Waals surface area contributed by atoms with Crippen LogP contribution in [0.15, 0.2) is 83.3 Å². The molecule has 7 nitrogen and oxygen atoms in total. The molecule has 188 valence electrons. The summed E-state index contributed by atoms with van der Waals surface area (Å²) in [6, 6.07) is 23.0. The van der Waals surface area contributed by atoms with Gasteiger partial charge in [-0.3, -0.25) is 19.7 Å². The number of nitro groups is 1. The lowest BCUT2D eigenvalue weighted by Crippen LogP contribution is -2.51. The van der Waals surface area contributed by atoms with Gasteiger partial charge in [-0.25, -0.2) is 0 Å². The van der Waals surface area contributed by atoms with Gasteiger partial charge in [0.1, 0.15) is 6.04 Å². The SMILES string of the molecule is CCNC(=O)C(Cc1ccccc1)N(Cc1cccc(Br)c1)C(=O)CSCc1ccc([N+](=O)[O-])cc1. The number of amides is 2. The number of halogens is 1. The number of likely N-dealkylation sites (N-methyl/N-ethyl adjacent to an activating group) is 1. The number of carbonyl (C=O) groups is 2. The van der Waals surface area contributed by atoms with Crippen LogP contribution < -0.4 is 5.32 Å². The molecule has 0 aliphatic carbocycles. The van der Waals surface area contributed by atoms with Crippen LogP contribution in [-0.2, 0) is 28.3 Å². The number of nitrogens with one attached hydrogen (secondary N) is 1. The summed E-state index contributed by atoms with van der Waals surface area (Å²) >= 11 is 4.90. The van der Waals surface area contributed by atoms with Crippen molar-refractivity contribution >= 4 is 45.2 Å². The Morgan fingerprint density at radius 1 is 1.00 bits per heavy atom. The highest BCUT2D eigenvalue weighted by molar-refractivity contribution is 9.10. The summed E-state index contributed by atoms with van der Waals surface area (Å²) in [6.07, 6.45) is 0.402. The van der Waals surface area contributed by atoms with E-state index in [9.17, 15) is 19.7 Å². The van der Waals surface area contributed by atoms with E-state index in [1.54, 1.807) is 17.0 Å². The predicted molar refractivity (Wildman–Crippen MR) is 147 cm³/mol. The van der Waals surface area contributed by atoms with E-state index >= 15 is 0 Å². The van der Waals surface area contributed by atoms with Crippen LogP contribution in [0.3, 0.4) is 0 Å².